The van der Waals surface area contributed by atoms with Crippen LogP contribution in [-0.2, 0) is 10.9 Å². The molecule has 1 aliphatic carbocycles. The van der Waals surface area contributed by atoms with Crippen molar-refractivity contribution in [2.75, 3.05) is 18.0 Å². The zero-order chi connectivity index (χ0) is 28.3. The Labute approximate surface area is 224 Å². The fourth-order valence-electron chi connectivity index (χ4n) is 4.65. The van der Waals surface area contributed by atoms with E-state index < -0.39 is 36.2 Å². The standard InChI is InChI=1S/C26H23F6N7O/c1-12-13(2)35-24-22(34-12)21(17-6-3-15(7-18(17)27)26(30,31)32)36-25(37-24)38-10-19(40-20(11-38)23(28)29)14-8-33-39(9-14)16-4-5-16/h3,6-9,16,19-20,23H,4-5,10-11H2,1-2H3/t19-,20-/m0/s1. The summed E-state index contributed by atoms with van der Waals surface area (Å²) in [5.74, 6) is -1.22. The smallest absolute Gasteiger partial charge is 0.361 e. The van der Waals surface area contributed by atoms with E-state index in [1.165, 1.54) is 4.90 Å². The highest BCUT2D eigenvalue weighted by Gasteiger charge is 2.37. The number of ether oxygens (including phenoxy) is 1. The number of fused-ring (bicyclic) bond motifs is 1. The second kappa shape index (κ2) is 9.68. The molecule has 4 aromatic rings. The van der Waals surface area contributed by atoms with Gasteiger partial charge in [0.15, 0.2) is 5.65 Å². The molecular weight excluding hydrogens is 540 g/mol. The van der Waals surface area contributed by atoms with E-state index in [-0.39, 0.29) is 47.5 Å². The molecule has 1 aliphatic heterocycles. The number of anilines is 1. The summed E-state index contributed by atoms with van der Waals surface area (Å²) in [4.78, 5) is 19.3. The fraction of sp³-hybridized carbons (Fsp3) is 0.423. The second-order valence-electron chi connectivity index (χ2n) is 10.0. The SMILES string of the molecule is Cc1nc2nc(N3C[C@@H](c4cnn(C5CC5)c4)O[C@H](C(F)F)C3)nc(-c3ccc(C(F)(F)F)cc3F)c2nc1C. The molecule has 2 atom stereocenters. The van der Waals surface area contributed by atoms with Crippen LogP contribution in [0.15, 0.2) is 30.6 Å². The molecule has 1 aromatic carbocycles. The Morgan fingerprint density at radius 3 is 2.42 bits per heavy atom. The highest BCUT2D eigenvalue weighted by molar-refractivity contribution is 5.88. The predicted octanol–water partition coefficient (Wildman–Crippen LogP) is 5.60. The number of hydrogen-bond acceptors (Lipinski definition) is 7. The number of morpholine rings is 1. The van der Waals surface area contributed by atoms with Crippen LogP contribution < -0.4 is 4.90 Å². The number of aromatic nitrogens is 6. The summed E-state index contributed by atoms with van der Waals surface area (Å²) in [5.41, 5.74) is 0.256. The maximum Gasteiger partial charge on any atom is 0.416 e. The van der Waals surface area contributed by atoms with Crippen molar-refractivity contribution in [1.29, 1.82) is 0 Å². The van der Waals surface area contributed by atoms with Gasteiger partial charge in [0, 0.05) is 17.3 Å². The summed E-state index contributed by atoms with van der Waals surface area (Å²) in [5, 5.41) is 4.33. The van der Waals surface area contributed by atoms with Crippen LogP contribution in [0, 0.1) is 19.7 Å². The van der Waals surface area contributed by atoms with Crippen LogP contribution in [0.4, 0.5) is 32.3 Å². The number of alkyl halides is 5. The lowest BCUT2D eigenvalue weighted by Gasteiger charge is -2.37. The topological polar surface area (TPSA) is 81.9 Å². The second-order valence-corrected chi connectivity index (χ2v) is 10.0. The van der Waals surface area contributed by atoms with Crippen LogP contribution in [0.3, 0.4) is 0 Å². The minimum Gasteiger partial charge on any atom is -0.361 e. The van der Waals surface area contributed by atoms with Crippen molar-refractivity contribution in [2.24, 2.45) is 0 Å². The Morgan fingerprint density at radius 2 is 1.75 bits per heavy atom. The minimum absolute atomic E-state index is 0.0483. The molecule has 210 valence electrons. The molecule has 4 heterocycles. The van der Waals surface area contributed by atoms with E-state index in [0.29, 0.717) is 23.0 Å². The normalized spacial score (nSPS) is 20.1. The maximum absolute atomic E-state index is 15.1. The van der Waals surface area contributed by atoms with Gasteiger partial charge < -0.3 is 9.64 Å². The van der Waals surface area contributed by atoms with Crippen LogP contribution >= 0.6 is 0 Å². The van der Waals surface area contributed by atoms with Crippen LogP contribution in [0.2, 0.25) is 0 Å². The van der Waals surface area contributed by atoms with Crippen molar-refractivity contribution >= 4 is 17.1 Å². The lowest BCUT2D eigenvalue weighted by Crippen LogP contribution is -2.47. The van der Waals surface area contributed by atoms with Crippen molar-refractivity contribution in [3.63, 3.8) is 0 Å². The summed E-state index contributed by atoms with van der Waals surface area (Å²) in [7, 11) is 0. The molecule has 2 fully saturated rings. The Kier molecular flexibility index (Phi) is 6.39. The molecule has 2 aliphatic rings. The molecule has 0 amide bonds. The average Bonchev–Trinajstić information content (AvgIpc) is 3.64. The summed E-state index contributed by atoms with van der Waals surface area (Å²) < 4.78 is 90.1. The molecule has 1 saturated carbocycles. The first-order chi connectivity index (χ1) is 19.0. The molecule has 1 saturated heterocycles. The fourth-order valence-corrected chi connectivity index (χ4v) is 4.65. The summed E-state index contributed by atoms with van der Waals surface area (Å²) in [6.45, 7) is 3.17. The lowest BCUT2D eigenvalue weighted by atomic mass is 10.1. The number of benzene rings is 1. The summed E-state index contributed by atoms with van der Waals surface area (Å²) >= 11 is 0. The molecule has 6 rings (SSSR count). The first kappa shape index (κ1) is 26.4. The van der Waals surface area contributed by atoms with Crippen molar-refractivity contribution in [3.8, 4) is 11.3 Å². The lowest BCUT2D eigenvalue weighted by molar-refractivity contribution is -0.137. The Bertz CT molecular complexity index is 1590. The van der Waals surface area contributed by atoms with Crippen molar-refractivity contribution in [3.05, 3.63) is 58.9 Å². The van der Waals surface area contributed by atoms with Gasteiger partial charge in [0.1, 0.15) is 29.2 Å². The molecular formula is C26H23F6N7O. The molecule has 3 aromatic heterocycles. The molecule has 8 nitrogen and oxygen atoms in total. The van der Waals surface area contributed by atoms with Crippen LogP contribution in [0.5, 0.6) is 0 Å². The van der Waals surface area contributed by atoms with Gasteiger partial charge in [0.05, 0.1) is 42.3 Å². The number of halogens is 6. The Balaban J connectivity index is 1.45. The number of rotatable bonds is 5. The van der Waals surface area contributed by atoms with Gasteiger partial charge in [0.2, 0.25) is 5.95 Å². The Hall–Kier alpha value is -3.81. The van der Waals surface area contributed by atoms with E-state index in [1.807, 2.05) is 0 Å². The highest BCUT2D eigenvalue weighted by atomic mass is 19.4. The monoisotopic (exact) mass is 563 g/mol. The van der Waals surface area contributed by atoms with Gasteiger partial charge in [-0.3, -0.25) is 4.68 Å². The quantitative estimate of drug-likeness (QED) is 0.292. The maximum atomic E-state index is 15.1. The molecule has 0 N–H and O–H groups in total. The third-order valence-corrected chi connectivity index (χ3v) is 7.09. The first-order valence-corrected chi connectivity index (χ1v) is 12.6. The van der Waals surface area contributed by atoms with E-state index in [9.17, 15) is 22.0 Å². The van der Waals surface area contributed by atoms with Gasteiger partial charge in [-0.05, 0) is 44.9 Å². The molecule has 40 heavy (non-hydrogen) atoms. The van der Waals surface area contributed by atoms with Crippen molar-refractivity contribution in [1.82, 2.24) is 29.7 Å². The first-order valence-electron chi connectivity index (χ1n) is 12.6. The van der Waals surface area contributed by atoms with Gasteiger partial charge in [-0.15, -0.1) is 0 Å². The zero-order valence-corrected chi connectivity index (χ0v) is 21.3. The molecule has 0 spiro atoms. The molecule has 0 unspecified atom stereocenters. The van der Waals surface area contributed by atoms with Crippen LogP contribution in [0.25, 0.3) is 22.4 Å². The van der Waals surface area contributed by atoms with Crippen LogP contribution in [0.1, 0.15) is 47.5 Å². The summed E-state index contributed by atoms with van der Waals surface area (Å²) in [6, 6.07) is 2.38. The number of aryl methyl sites for hydroxylation is 2. The van der Waals surface area contributed by atoms with E-state index in [0.717, 1.165) is 25.0 Å². The highest BCUT2D eigenvalue weighted by Crippen LogP contribution is 2.38. The number of nitrogens with zero attached hydrogens (tertiary/aromatic N) is 7. The van der Waals surface area contributed by atoms with Crippen LogP contribution in [-0.4, -0.2) is 55.3 Å². The molecule has 14 heteroatoms. The number of hydrogen-bond donors (Lipinski definition) is 0. The van der Waals surface area contributed by atoms with Gasteiger partial charge in [-0.2, -0.15) is 23.3 Å². The van der Waals surface area contributed by atoms with E-state index in [2.05, 4.69) is 25.0 Å². The predicted molar refractivity (Wildman–Crippen MR) is 131 cm³/mol. The van der Waals surface area contributed by atoms with Gasteiger partial charge in [-0.1, -0.05) is 0 Å². The van der Waals surface area contributed by atoms with Gasteiger partial charge >= 0.3 is 6.18 Å². The van der Waals surface area contributed by atoms with Crippen molar-refractivity contribution < 1.29 is 31.1 Å². The van der Waals surface area contributed by atoms with Gasteiger partial charge in [0.25, 0.3) is 6.43 Å². The van der Waals surface area contributed by atoms with Gasteiger partial charge in [-0.25, -0.2) is 28.1 Å². The largest absolute Gasteiger partial charge is 0.416 e. The molecule has 0 bridgehead atoms. The average molecular weight is 564 g/mol. The Morgan fingerprint density at radius 1 is 1.00 bits per heavy atom. The van der Waals surface area contributed by atoms with Crippen molar-refractivity contribution in [2.45, 2.75) is 57.5 Å². The van der Waals surface area contributed by atoms with E-state index >= 15 is 4.39 Å². The minimum atomic E-state index is -4.74. The third-order valence-electron chi connectivity index (χ3n) is 7.09. The molecule has 0 radical (unpaired) electrons. The van der Waals surface area contributed by atoms with E-state index in [1.54, 1.807) is 30.9 Å². The summed E-state index contributed by atoms with van der Waals surface area (Å²) in [6.07, 6.45) is -4.49. The van der Waals surface area contributed by atoms with E-state index in [4.69, 9.17) is 4.74 Å². The third kappa shape index (κ3) is 4.95. The zero-order valence-electron chi connectivity index (χ0n) is 21.3.